The Hall–Kier alpha value is -0.890. The molecule has 2 heteroatoms. The summed E-state index contributed by atoms with van der Waals surface area (Å²) in [5.41, 5.74) is 1.80. The van der Waals surface area contributed by atoms with Crippen LogP contribution in [0, 0.1) is 12.7 Å². The van der Waals surface area contributed by atoms with Crippen molar-refractivity contribution in [2.45, 2.75) is 26.2 Å². The Balaban J connectivity index is 2.70. The Kier molecular flexibility index (Phi) is 4.08. The Labute approximate surface area is 85.3 Å². The molecule has 78 valence electrons. The summed E-state index contributed by atoms with van der Waals surface area (Å²) in [5, 5.41) is 3.10. The summed E-state index contributed by atoms with van der Waals surface area (Å²) in [4.78, 5) is 0. The van der Waals surface area contributed by atoms with E-state index in [1.54, 1.807) is 13.0 Å². The number of benzene rings is 1. The fourth-order valence-electron chi connectivity index (χ4n) is 1.44. The Bertz CT molecular complexity index is 296. The van der Waals surface area contributed by atoms with Crippen LogP contribution in [0.5, 0.6) is 0 Å². The minimum absolute atomic E-state index is 0.0983. The van der Waals surface area contributed by atoms with Gasteiger partial charge in [0.1, 0.15) is 5.82 Å². The van der Waals surface area contributed by atoms with E-state index in [-0.39, 0.29) is 5.82 Å². The van der Waals surface area contributed by atoms with Gasteiger partial charge in [0.25, 0.3) is 0 Å². The van der Waals surface area contributed by atoms with Gasteiger partial charge in [0.15, 0.2) is 0 Å². The molecule has 1 aromatic rings. The van der Waals surface area contributed by atoms with Gasteiger partial charge in [-0.3, -0.25) is 0 Å². The molecule has 1 aromatic carbocycles. The second-order valence-corrected chi connectivity index (χ2v) is 3.80. The number of halogens is 1. The Morgan fingerprint density at radius 1 is 1.43 bits per heavy atom. The zero-order valence-corrected chi connectivity index (χ0v) is 9.10. The molecule has 0 fully saturated rings. The summed E-state index contributed by atoms with van der Waals surface area (Å²) in [6, 6.07) is 5.51. The van der Waals surface area contributed by atoms with Crippen LogP contribution < -0.4 is 5.32 Å². The fraction of sp³-hybridized carbons (Fsp3) is 0.500. The van der Waals surface area contributed by atoms with Gasteiger partial charge in [-0.15, -0.1) is 0 Å². The van der Waals surface area contributed by atoms with Crippen LogP contribution in [-0.4, -0.2) is 13.6 Å². The van der Waals surface area contributed by atoms with Crippen LogP contribution in [0.25, 0.3) is 0 Å². The molecular formula is C12H18FN. The third-order valence-electron chi connectivity index (χ3n) is 2.59. The predicted octanol–water partition coefficient (Wildman–Crippen LogP) is 2.85. The molecule has 0 aliphatic carbocycles. The van der Waals surface area contributed by atoms with Crippen LogP contribution in [0.4, 0.5) is 4.39 Å². The largest absolute Gasteiger partial charge is 0.320 e. The van der Waals surface area contributed by atoms with Crippen molar-refractivity contribution in [3.63, 3.8) is 0 Å². The number of rotatable bonds is 4. The number of aryl methyl sites for hydroxylation is 1. The lowest BCUT2D eigenvalue weighted by atomic mass is 9.97. The Morgan fingerprint density at radius 3 is 2.71 bits per heavy atom. The van der Waals surface area contributed by atoms with E-state index in [2.05, 4.69) is 12.2 Å². The maximum Gasteiger partial charge on any atom is 0.126 e. The van der Waals surface area contributed by atoms with Crippen molar-refractivity contribution in [1.29, 1.82) is 0 Å². The van der Waals surface area contributed by atoms with Crippen LogP contribution in [0.3, 0.4) is 0 Å². The molecule has 14 heavy (non-hydrogen) atoms. The van der Waals surface area contributed by atoms with Crippen LogP contribution in [0.15, 0.2) is 18.2 Å². The summed E-state index contributed by atoms with van der Waals surface area (Å²) in [6.07, 6.45) is 1.04. The molecule has 1 nitrogen and oxygen atoms in total. The van der Waals surface area contributed by atoms with Crippen LogP contribution in [0.1, 0.15) is 30.4 Å². The second kappa shape index (κ2) is 5.11. The predicted molar refractivity (Wildman–Crippen MR) is 58.1 cm³/mol. The highest BCUT2D eigenvalue weighted by atomic mass is 19.1. The van der Waals surface area contributed by atoms with Gasteiger partial charge in [0.2, 0.25) is 0 Å². The first kappa shape index (κ1) is 11.2. The van der Waals surface area contributed by atoms with Crippen molar-refractivity contribution in [2.75, 3.05) is 13.6 Å². The second-order valence-electron chi connectivity index (χ2n) is 3.80. The highest BCUT2D eigenvalue weighted by Crippen LogP contribution is 2.20. The van der Waals surface area contributed by atoms with E-state index in [0.717, 1.165) is 24.1 Å². The van der Waals surface area contributed by atoms with E-state index in [9.17, 15) is 4.39 Å². The topological polar surface area (TPSA) is 12.0 Å². The van der Waals surface area contributed by atoms with Crippen LogP contribution in [0.2, 0.25) is 0 Å². The molecule has 0 amide bonds. The Morgan fingerprint density at radius 2 is 2.14 bits per heavy atom. The summed E-state index contributed by atoms with van der Waals surface area (Å²) >= 11 is 0. The quantitative estimate of drug-likeness (QED) is 0.779. The third kappa shape index (κ3) is 2.81. The van der Waals surface area contributed by atoms with Gasteiger partial charge >= 0.3 is 0 Å². The number of hydrogen-bond donors (Lipinski definition) is 1. The molecule has 0 aliphatic rings. The van der Waals surface area contributed by atoms with Crippen molar-refractivity contribution in [2.24, 2.45) is 0 Å². The van der Waals surface area contributed by atoms with Crippen LogP contribution in [-0.2, 0) is 0 Å². The average molecular weight is 195 g/mol. The minimum Gasteiger partial charge on any atom is -0.320 e. The molecule has 0 aromatic heterocycles. The highest BCUT2D eigenvalue weighted by Gasteiger charge is 2.06. The van der Waals surface area contributed by atoms with E-state index in [0.29, 0.717) is 5.92 Å². The van der Waals surface area contributed by atoms with Crippen molar-refractivity contribution >= 4 is 0 Å². The van der Waals surface area contributed by atoms with E-state index in [1.165, 1.54) is 0 Å². The van der Waals surface area contributed by atoms with Gasteiger partial charge in [-0.25, -0.2) is 4.39 Å². The van der Waals surface area contributed by atoms with E-state index in [4.69, 9.17) is 0 Å². The molecule has 1 rings (SSSR count). The molecule has 1 N–H and O–H groups in total. The number of hydrogen-bond acceptors (Lipinski definition) is 1. The standard InChI is InChI=1S/C12H18FN/c1-9(6-7-14-3)11-5-4-10(2)12(13)8-11/h4-5,8-9,14H,6-7H2,1-3H3. The first-order chi connectivity index (χ1) is 6.65. The summed E-state index contributed by atoms with van der Waals surface area (Å²) in [6.45, 7) is 4.88. The van der Waals surface area contributed by atoms with E-state index < -0.39 is 0 Å². The lowest BCUT2D eigenvalue weighted by Crippen LogP contribution is -2.10. The molecule has 0 aliphatic heterocycles. The molecule has 1 unspecified atom stereocenters. The number of nitrogens with one attached hydrogen (secondary N) is 1. The lowest BCUT2D eigenvalue weighted by Gasteiger charge is -2.12. The SMILES string of the molecule is CNCCC(C)c1ccc(C)c(F)c1. The molecule has 0 spiro atoms. The monoisotopic (exact) mass is 195 g/mol. The van der Waals surface area contributed by atoms with Gasteiger partial charge in [0.05, 0.1) is 0 Å². The molecular weight excluding hydrogens is 177 g/mol. The van der Waals surface area contributed by atoms with Gasteiger partial charge in [-0.2, -0.15) is 0 Å². The average Bonchev–Trinajstić information content (AvgIpc) is 2.18. The fourth-order valence-corrected chi connectivity index (χ4v) is 1.44. The maximum atomic E-state index is 13.2. The van der Waals surface area contributed by atoms with E-state index in [1.807, 2.05) is 19.2 Å². The lowest BCUT2D eigenvalue weighted by molar-refractivity contribution is 0.601. The van der Waals surface area contributed by atoms with E-state index >= 15 is 0 Å². The first-order valence-corrected chi connectivity index (χ1v) is 5.05. The maximum absolute atomic E-state index is 13.2. The van der Waals surface area contributed by atoms with Gasteiger partial charge in [-0.05, 0) is 50.0 Å². The summed E-state index contributed by atoms with van der Waals surface area (Å²) < 4.78 is 13.2. The first-order valence-electron chi connectivity index (χ1n) is 5.05. The molecule has 0 radical (unpaired) electrons. The highest BCUT2D eigenvalue weighted by molar-refractivity contribution is 5.25. The minimum atomic E-state index is -0.0983. The summed E-state index contributed by atoms with van der Waals surface area (Å²) in [7, 11) is 1.93. The van der Waals surface area contributed by atoms with Crippen LogP contribution >= 0.6 is 0 Å². The molecule has 0 bridgehead atoms. The van der Waals surface area contributed by atoms with Gasteiger partial charge in [0, 0.05) is 0 Å². The molecule has 0 saturated carbocycles. The van der Waals surface area contributed by atoms with Gasteiger partial charge in [-0.1, -0.05) is 19.1 Å². The zero-order chi connectivity index (χ0) is 10.6. The summed E-state index contributed by atoms with van der Waals surface area (Å²) in [5.74, 6) is 0.316. The van der Waals surface area contributed by atoms with Crippen molar-refractivity contribution in [1.82, 2.24) is 5.32 Å². The van der Waals surface area contributed by atoms with Crippen molar-refractivity contribution in [3.05, 3.63) is 35.1 Å². The van der Waals surface area contributed by atoms with Gasteiger partial charge < -0.3 is 5.32 Å². The smallest absolute Gasteiger partial charge is 0.126 e. The zero-order valence-electron chi connectivity index (χ0n) is 9.10. The normalized spacial score (nSPS) is 12.9. The molecule has 0 saturated heterocycles. The van der Waals surface area contributed by atoms with Crippen molar-refractivity contribution in [3.8, 4) is 0 Å². The molecule has 0 heterocycles. The third-order valence-corrected chi connectivity index (χ3v) is 2.59. The van der Waals surface area contributed by atoms with Crippen molar-refractivity contribution < 1.29 is 4.39 Å². The molecule has 1 atom stereocenters.